The Hall–Kier alpha value is -1.65. The van der Waals surface area contributed by atoms with Gasteiger partial charge >= 0.3 is 0 Å². The molecule has 3 N–H and O–H groups in total. The Kier molecular flexibility index (Phi) is 4.02. The number of benzene rings is 1. The number of nitrogens with two attached hydrogens (primary N) is 1. The third-order valence-corrected chi connectivity index (χ3v) is 3.68. The zero-order valence-electron chi connectivity index (χ0n) is 12.1. The normalized spacial score (nSPS) is 12.7. The summed E-state index contributed by atoms with van der Waals surface area (Å²) in [5.41, 5.74) is 8.87. The van der Waals surface area contributed by atoms with Crippen molar-refractivity contribution in [3.05, 3.63) is 52.3 Å². The molecule has 0 saturated heterocycles. The first kappa shape index (κ1) is 13.8. The van der Waals surface area contributed by atoms with E-state index in [9.17, 15) is 0 Å². The molecule has 2 aromatic rings. The number of hydrogen-bond donors (Lipinski definition) is 2. The monoisotopic (exact) mass is 258 g/mol. The highest BCUT2D eigenvalue weighted by atomic mass is 15.3. The predicted molar refractivity (Wildman–Crippen MR) is 77.6 cm³/mol. The smallest absolute Gasteiger partial charge is 0.0644 e. The molecule has 0 fully saturated rings. The van der Waals surface area contributed by atoms with Crippen molar-refractivity contribution in [2.45, 2.75) is 33.2 Å². The summed E-state index contributed by atoms with van der Waals surface area (Å²) in [6.07, 6.45) is 0.865. The van der Waals surface area contributed by atoms with Crippen LogP contribution in [0.25, 0.3) is 0 Å². The summed E-state index contributed by atoms with van der Waals surface area (Å²) >= 11 is 0. The molecule has 0 bridgehead atoms. The molecular weight excluding hydrogens is 236 g/mol. The second-order valence-electron chi connectivity index (χ2n) is 5.12. The van der Waals surface area contributed by atoms with E-state index in [1.165, 1.54) is 16.7 Å². The molecule has 1 unspecified atom stereocenters. The highest BCUT2D eigenvalue weighted by Crippen LogP contribution is 2.24. The van der Waals surface area contributed by atoms with Gasteiger partial charge in [-0.3, -0.25) is 16.0 Å². The number of aryl methyl sites for hydroxylation is 3. The molecule has 1 heterocycles. The quantitative estimate of drug-likeness (QED) is 0.652. The van der Waals surface area contributed by atoms with Crippen LogP contribution in [0.4, 0.5) is 0 Å². The lowest BCUT2D eigenvalue weighted by Crippen LogP contribution is -2.30. The average molecular weight is 258 g/mol. The Labute approximate surface area is 114 Å². The van der Waals surface area contributed by atoms with Gasteiger partial charge in [0.15, 0.2) is 0 Å². The van der Waals surface area contributed by atoms with Crippen LogP contribution in [-0.2, 0) is 13.5 Å². The molecule has 0 aliphatic heterocycles. The second kappa shape index (κ2) is 5.55. The number of nitrogens with zero attached hydrogens (tertiary/aromatic N) is 2. The van der Waals surface area contributed by atoms with Gasteiger partial charge in [-0.1, -0.05) is 29.8 Å². The van der Waals surface area contributed by atoms with E-state index < -0.39 is 0 Å². The van der Waals surface area contributed by atoms with E-state index in [1.54, 1.807) is 0 Å². The van der Waals surface area contributed by atoms with Gasteiger partial charge in [0.25, 0.3) is 0 Å². The first-order valence-electron chi connectivity index (χ1n) is 6.54. The second-order valence-corrected chi connectivity index (χ2v) is 5.12. The molecule has 1 atom stereocenters. The van der Waals surface area contributed by atoms with E-state index in [2.05, 4.69) is 48.6 Å². The fourth-order valence-corrected chi connectivity index (χ4v) is 2.50. The Bertz CT molecular complexity index is 554. The first-order chi connectivity index (χ1) is 9.02. The van der Waals surface area contributed by atoms with E-state index >= 15 is 0 Å². The summed E-state index contributed by atoms with van der Waals surface area (Å²) in [4.78, 5) is 0. The van der Waals surface area contributed by atoms with Gasteiger partial charge in [0, 0.05) is 18.3 Å². The van der Waals surface area contributed by atoms with E-state index in [0.717, 1.165) is 17.8 Å². The minimum atomic E-state index is 0.0939. The first-order valence-corrected chi connectivity index (χ1v) is 6.54. The number of hydrogen-bond acceptors (Lipinski definition) is 3. The molecular formula is C15H22N4. The molecule has 4 nitrogen and oxygen atoms in total. The molecule has 1 aromatic carbocycles. The summed E-state index contributed by atoms with van der Waals surface area (Å²) in [6, 6.07) is 8.66. The molecule has 19 heavy (non-hydrogen) atoms. The van der Waals surface area contributed by atoms with Gasteiger partial charge in [0.1, 0.15) is 0 Å². The van der Waals surface area contributed by atoms with Crippen LogP contribution in [0.15, 0.2) is 24.3 Å². The average Bonchev–Trinajstić information content (AvgIpc) is 2.63. The molecule has 0 aliphatic carbocycles. The molecule has 0 spiro atoms. The van der Waals surface area contributed by atoms with Crippen molar-refractivity contribution < 1.29 is 0 Å². The van der Waals surface area contributed by atoms with Crippen LogP contribution in [0.1, 0.15) is 34.1 Å². The minimum Gasteiger partial charge on any atom is -0.272 e. The van der Waals surface area contributed by atoms with Crippen LogP contribution in [0.2, 0.25) is 0 Å². The molecule has 1 aromatic heterocycles. The van der Waals surface area contributed by atoms with Crippen molar-refractivity contribution in [1.29, 1.82) is 0 Å². The van der Waals surface area contributed by atoms with E-state index in [-0.39, 0.29) is 6.04 Å². The Morgan fingerprint density at radius 2 is 1.84 bits per heavy atom. The number of hydrazine groups is 1. The van der Waals surface area contributed by atoms with Gasteiger partial charge in [0.05, 0.1) is 11.7 Å². The number of rotatable bonds is 4. The maximum atomic E-state index is 5.74. The fraction of sp³-hybridized carbons (Fsp3) is 0.400. The van der Waals surface area contributed by atoms with Crippen molar-refractivity contribution in [3.63, 3.8) is 0 Å². The van der Waals surface area contributed by atoms with Gasteiger partial charge in [-0.15, -0.1) is 0 Å². The lowest BCUT2D eigenvalue weighted by molar-refractivity contribution is 0.546. The van der Waals surface area contributed by atoms with E-state index in [1.807, 2.05) is 18.7 Å². The van der Waals surface area contributed by atoms with E-state index in [4.69, 9.17) is 5.84 Å². The zero-order chi connectivity index (χ0) is 14.0. The van der Waals surface area contributed by atoms with Gasteiger partial charge in [-0.25, -0.2) is 0 Å². The highest BCUT2D eigenvalue weighted by Gasteiger charge is 2.19. The van der Waals surface area contributed by atoms with Crippen LogP contribution in [0.5, 0.6) is 0 Å². The fourth-order valence-electron chi connectivity index (χ4n) is 2.50. The third kappa shape index (κ3) is 2.85. The molecule has 0 radical (unpaired) electrons. The topological polar surface area (TPSA) is 55.9 Å². The van der Waals surface area contributed by atoms with Crippen molar-refractivity contribution in [2.24, 2.45) is 12.9 Å². The van der Waals surface area contributed by atoms with Crippen molar-refractivity contribution >= 4 is 0 Å². The molecule has 4 heteroatoms. The lowest BCUT2D eigenvalue weighted by atomic mass is 9.97. The van der Waals surface area contributed by atoms with E-state index in [0.29, 0.717) is 0 Å². The maximum Gasteiger partial charge on any atom is 0.0644 e. The van der Waals surface area contributed by atoms with Gasteiger partial charge in [-0.2, -0.15) is 5.10 Å². The summed E-state index contributed by atoms with van der Waals surface area (Å²) < 4.78 is 1.91. The van der Waals surface area contributed by atoms with Crippen molar-refractivity contribution in [1.82, 2.24) is 15.2 Å². The zero-order valence-corrected chi connectivity index (χ0v) is 12.1. The Morgan fingerprint density at radius 1 is 1.21 bits per heavy atom. The summed E-state index contributed by atoms with van der Waals surface area (Å²) in [7, 11) is 1.96. The van der Waals surface area contributed by atoms with Crippen molar-refractivity contribution in [2.75, 3.05) is 0 Å². The third-order valence-electron chi connectivity index (χ3n) is 3.68. The van der Waals surface area contributed by atoms with Gasteiger partial charge in [-0.05, 0) is 32.8 Å². The molecule has 0 aliphatic rings. The van der Waals surface area contributed by atoms with Gasteiger partial charge in [0.2, 0.25) is 0 Å². The molecule has 2 rings (SSSR count). The standard InChI is InChI=1S/C15H22N4/c1-10-5-7-13(8-6-10)9-14(17-16)15-11(2)18-19(4)12(15)3/h5-8,14,17H,9,16H2,1-4H3. The maximum absolute atomic E-state index is 5.74. The molecule has 102 valence electrons. The SMILES string of the molecule is Cc1ccc(CC(NN)c2c(C)nn(C)c2C)cc1. The minimum absolute atomic E-state index is 0.0939. The Balaban J connectivity index is 2.27. The van der Waals surface area contributed by atoms with Crippen LogP contribution < -0.4 is 11.3 Å². The van der Waals surface area contributed by atoms with Gasteiger partial charge < -0.3 is 0 Å². The number of aromatic nitrogens is 2. The van der Waals surface area contributed by atoms with Crippen LogP contribution in [-0.4, -0.2) is 9.78 Å². The lowest BCUT2D eigenvalue weighted by Gasteiger charge is -2.17. The molecule has 0 saturated carbocycles. The molecule has 0 amide bonds. The summed E-state index contributed by atoms with van der Waals surface area (Å²) in [5.74, 6) is 5.74. The van der Waals surface area contributed by atoms with Crippen LogP contribution in [0.3, 0.4) is 0 Å². The highest BCUT2D eigenvalue weighted by molar-refractivity contribution is 5.31. The number of nitrogens with one attached hydrogen (secondary N) is 1. The predicted octanol–water partition coefficient (Wildman–Crippen LogP) is 2.09. The largest absolute Gasteiger partial charge is 0.272 e. The Morgan fingerprint density at radius 3 is 2.32 bits per heavy atom. The van der Waals surface area contributed by atoms with Crippen LogP contribution in [0, 0.1) is 20.8 Å². The van der Waals surface area contributed by atoms with Crippen LogP contribution >= 0.6 is 0 Å². The summed E-state index contributed by atoms with van der Waals surface area (Å²) in [6.45, 7) is 6.20. The van der Waals surface area contributed by atoms with Crippen molar-refractivity contribution in [3.8, 4) is 0 Å². The summed E-state index contributed by atoms with van der Waals surface area (Å²) in [5, 5.41) is 4.46.